The van der Waals surface area contributed by atoms with E-state index in [-0.39, 0.29) is 31.3 Å². The van der Waals surface area contributed by atoms with Crippen LogP contribution in [0.2, 0.25) is 0 Å². The van der Waals surface area contributed by atoms with Gasteiger partial charge in [0.2, 0.25) is 5.91 Å². The van der Waals surface area contributed by atoms with E-state index in [1.807, 2.05) is 0 Å². The van der Waals surface area contributed by atoms with Crippen molar-refractivity contribution in [2.75, 3.05) is 6.54 Å². The minimum Gasteiger partial charge on any atom is -0.481 e. The number of nitrogens with zero attached hydrogens (tertiary/aromatic N) is 1. The van der Waals surface area contributed by atoms with Crippen molar-refractivity contribution in [2.24, 2.45) is 0 Å². The van der Waals surface area contributed by atoms with Crippen molar-refractivity contribution in [1.82, 2.24) is 15.5 Å². The first-order chi connectivity index (χ1) is 12.9. The first-order valence-electron chi connectivity index (χ1n) is 9.13. The zero-order valence-corrected chi connectivity index (χ0v) is 14.9. The number of urea groups is 1. The van der Waals surface area contributed by atoms with Crippen LogP contribution < -0.4 is 10.6 Å². The standard InChI is InChI=1S/C19H23N3O5/c23-15(20-14-8-4-5-9-14)12-22-17(26)19(21-18(22)27,11-10-16(24)25)13-6-2-1-3-7-13/h1-3,6-7,14H,4-5,8-12H2,(H,20,23)(H,21,27)(H,24,25)/t19-/m1/s1. The third kappa shape index (κ3) is 3.94. The van der Waals surface area contributed by atoms with Gasteiger partial charge in [-0.1, -0.05) is 43.2 Å². The number of carbonyl (C=O) groups excluding carboxylic acids is 3. The fourth-order valence-corrected chi connectivity index (χ4v) is 3.78. The maximum atomic E-state index is 13.1. The Morgan fingerprint density at radius 3 is 2.48 bits per heavy atom. The van der Waals surface area contributed by atoms with E-state index in [0.29, 0.717) is 5.56 Å². The molecule has 0 unspecified atom stereocenters. The van der Waals surface area contributed by atoms with Crippen molar-refractivity contribution in [3.63, 3.8) is 0 Å². The summed E-state index contributed by atoms with van der Waals surface area (Å²) < 4.78 is 0. The molecule has 1 aliphatic carbocycles. The van der Waals surface area contributed by atoms with E-state index in [2.05, 4.69) is 10.6 Å². The molecular weight excluding hydrogens is 350 g/mol. The van der Waals surface area contributed by atoms with Crippen molar-refractivity contribution < 1.29 is 24.3 Å². The normalized spacial score (nSPS) is 22.7. The van der Waals surface area contributed by atoms with Crippen molar-refractivity contribution >= 4 is 23.8 Å². The number of imide groups is 1. The summed E-state index contributed by atoms with van der Waals surface area (Å²) in [5.41, 5.74) is -0.965. The van der Waals surface area contributed by atoms with Crippen molar-refractivity contribution in [3.05, 3.63) is 35.9 Å². The molecular formula is C19H23N3O5. The molecule has 0 radical (unpaired) electrons. The molecule has 8 nitrogen and oxygen atoms in total. The summed E-state index contributed by atoms with van der Waals surface area (Å²) in [5.74, 6) is -2.04. The Morgan fingerprint density at radius 1 is 1.19 bits per heavy atom. The van der Waals surface area contributed by atoms with E-state index >= 15 is 0 Å². The van der Waals surface area contributed by atoms with Crippen LogP contribution in [0.1, 0.15) is 44.1 Å². The number of hydrogen-bond donors (Lipinski definition) is 3. The molecule has 3 rings (SSSR count). The minimum absolute atomic E-state index is 0.0857. The van der Waals surface area contributed by atoms with Crippen molar-refractivity contribution in [1.29, 1.82) is 0 Å². The fraction of sp³-hybridized carbons (Fsp3) is 0.474. The first-order valence-corrected chi connectivity index (χ1v) is 9.13. The third-order valence-corrected chi connectivity index (χ3v) is 5.18. The Bertz CT molecular complexity index is 745. The summed E-state index contributed by atoms with van der Waals surface area (Å²) in [6.45, 7) is -0.372. The predicted molar refractivity (Wildman–Crippen MR) is 95.6 cm³/mol. The summed E-state index contributed by atoms with van der Waals surface area (Å²) in [7, 11) is 0. The highest BCUT2D eigenvalue weighted by atomic mass is 16.4. The van der Waals surface area contributed by atoms with Crippen LogP contribution in [-0.2, 0) is 19.9 Å². The Morgan fingerprint density at radius 2 is 1.85 bits per heavy atom. The highest BCUT2D eigenvalue weighted by molar-refractivity contribution is 6.09. The molecule has 1 aromatic carbocycles. The number of carbonyl (C=O) groups is 4. The highest BCUT2D eigenvalue weighted by Gasteiger charge is 2.52. The minimum atomic E-state index is -1.47. The van der Waals surface area contributed by atoms with Crippen LogP contribution in [0.15, 0.2) is 30.3 Å². The molecule has 1 saturated carbocycles. The van der Waals surface area contributed by atoms with Gasteiger partial charge in [-0.15, -0.1) is 0 Å². The molecule has 1 heterocycles. The molecule has 0 bridgehead atoms. The number of amides is 4. The van der Waals surface area contributed by atoms with Crippen LogP contribution in [0, 0.1) is 0 Å². The molecule has 0 spiro atoms. The Balaban J connectivity index is 1.79. The van der Waals surface area contributed by atoms with Crippen LogP contribution in [0.4, 0.5) is 4.79 Å². The van der Waals surface area contributed by atoms with Gasteiger partial charge in [0.25, 0.3) is 5.91 Å². The molecule has 4 amide bonds. The summed E-state index contributed by atoms with van der Waals surface area (Å²) >= 11 is 0. The van der Waals surface area contributed by atoms with Gasteiger partial charge in [-0.05, 0) is 24.8 Å². The Kier molecular flexibility index (Phi) is 5.43. The lowest BCUT2D eigenvalue weighted by atomic mass is 9.85. The van der Waals surface area contributed by atoms with Crippen LogP contribution >= 0.6 is 0 Å². The largest absolute Gasteiger partial charge is 0.481 e. The molecule has 1 atom stereocenters. The number of hydrogen-bond acceptors (Lipinski definition) is 4. The highest BCUT2D eigenvalue weighted by Crippen LogP contribution is 2.33. The molecule has 1 aliphatic heterocycles. The third-order valence-electron chi connectivity index (χ3n) is 5.18. The van der Waals surface area contributed by atoms with Gasteiger partial charge in [-0.2, -0.15) is 0 Å². The quantitative estimate of drug-likeness (QED) is 0.624. The van der Waals surface area contributed by atoms with E-state index in [1.54, 1.807) is 30.3 Å². The van der Waals surface area contributed by atoms with Gasteiger partial charge >= 0.3 is 12.0 Å². The molecule has 144 valence electrons. The molecule has 0 aromatic heterocycles. The van der Waals surface area contributed by atoms with Gasteiger partial charge in [0.15, 0.2) is 0 Å². The lowest BCUT2D eigenvalue weighted by Gasteiger charge is -2.26. The van der Waals surface area contributed by atoms with Gasteiger partial charge in [-0.3, -0.25) is 19.3 Å². The summed E-state index contributed by atoms with van der Waals surface area (Å²) in [6.07, 6.45) is 3.54. The summed E-state index contributed by atoms with van der Waals surface area (Å²) in [4.78, 5) is 49.8. The smallest absolute Gasteiger partial charge is 0.325 e. The average molecular weight is 373 g/mol. The van der Waals surface area contributed by atoms with Gasteiger partial charge in [-0.25, -0.2) is 4.79 Å². The van der Waals surface area contributed by atoms with Crippen molar-refractivity contribution in [3.8, 4) is 0 Å². The predicted octanol–water partition coefficient (Wildman–Crippen LogP) is 1.36. The van der Waals surface area contributed by atoms with Gasteiger partial charge in [0.05, 0.1) is 0 Å². The zero-order chi connectivity index (χ0) is 19.4. The van der Waals surface area contributed by atoms with Gasteiger partial charge < -0.3 is 15.7 Å². The number of aliphatic carboxylic acids is 1. The number of benzene rings is 1. The molecule has 1 aromatic rings. The molecule has 2 fully saturated rings. The summed E-state index contributed by atoms with van der Waals surface area (Å²) in [6, 6.07) is 7.94. The molecule has 8 heteroatoms. The van der Waals surface area contributed by atoms with Gasteiger partial charge in [0.1, 0.15) is 12.1 Å². The average Bonchev–Trinajstić information content (AvgIpc) is 3.23. The monoisotopic (exact) mass is 373 g/mol. The van der Waals surface area contributed by atoms with Crippen LogP contribution in [0.5, 0.6) is 0 Å². The molecule has 2 aliphatic rings. The maximum absolute atomic E-state index is 13.1. The van der Waals surface area contributed by atoms with Crippen LogP contribution in [-0.4, -0.2) is 46.4 Å². The lowest BCUT2D eigenvalue weighted by Crippen LogP contribution is -2.46. The second-order valence-electron chi connectivity index (χ2n) is 7.04. The second kappa shape index (κ2) is 7.77. The Hall–Kier alpha value is -2.90. The van der Waals surface area contributed by atoms with E-state index in [1.165, 1.54) is 0 Å². The number of nitrogens with one attached hydrogen (secondary N) is 2. The summed E-state index contributed by atoms with van der Waals surface area (Å²) in [5, 5.41) is 14.5. The van der Waals surface area contributed by atoms with Crippen LogP contribution in [0.25, 0.3) is 0 Å². The SMILES string of the molecule is O=C(O)CC[C@]1(c2ccccc2)NC(=O)N(CC(=O)NC2CCCC2)C1=O. The number of rotatable bonds is 7. The second-order valence-corrected chi connectivity index (χ2v) is 7.04. The lowest BCUT2D eigenvalue weighted by molar-refractivity contribution is -0.139. The van der Waals surface area contributed by atoms with E-state index in [0.717, 1.165) is 30.6 Å². The molecule has 27 heavy (non-hydrogen) atoms. The van der Waals surface area contributed by atoms with Crippen LogP contribution in [0.3, 0.4) is 0 Å². The number of carboxylic acids is 1. The molecule has 1 saturated heterocycles. The fourth-order valence-electron chi connectivity index (χ4n) is 3.78. The van der Waals surface area contributed by atoms with E-state index in [9.17, 15) is 19.2 Å². The van der Waals surface area contributed by atoms with E-state index in [4.69, 9.17) is 5.11 Å². The zero-order valence-electron chi connectivity index (χ0n) is 14.9. The van der Waals surface area contributed by atoms with Crippen molar-refractivity contribution in [2.45, 2.75) is 50.1 Å². The topological polar surface area (TPSA) is 116 Å². The number of carboxylic acid groups (broad SMARTS) is 1. The molecule has 3 N–H and O–H groups in total. The maximum Gasteiger partial charge on any atom is 0.325 e. The van der Waals surface area contributed by atoms with E-state index < -0.39 is 23.4 Å². The first kappa shape index (κ1) is 18.9. The van der Waals surface area contributed by atoms with Gasteiger partial charge in [0, 0.05) is 12.5 Å². The Labute approximate surface area is 156 Å².